The summed E-state index contributed by atoms with van der Waals surface area (Å²) in [6.45, 7) is 6.55. The van der Waals surface area contributed by atoms with E-state index in [2.05, 4.69) is 36.4 Å². The Morgan fingerprint density at radius 3 is 2.74 bits per heavy atom. The molecule has 0 aliphatic heterocycles. The Morgan fingerprint density at radius 2 is 2.16 bits per heavy atom. The minimum absolute atomic E-state index is 0.149. The maximum absolute atomic E-state index is 11.8. The van der Waals surface area contributed by atoms with E-state index < -0.39 is 0 Å². The van der Waals surface area contributed by atoms with E-state index in [4.69, 9.17) is 0 Å². The van der Waals surface area contributed by atoms with Gasteiger partial charge in [-0.3, -0.25) is 4.98 Å². The lowest BCUT2D eigenvalue weighted by atomic mass is 10.0. The molecule has 4 heteroatoms. The zero-order valence-corrected chi connectivity index (χ0v) is 12.1. The summed E-state index contributed by atoms with van der Waals surface area (Å²) in [6, 6.07) is 3.72. The summed E-state index contributed by atoms with van der Waals surface area (Å²) in [5, 5.41) is 5.80. The highest BCUT2D eigenvalue weighted by molar-refractivity contribution is 5.89. The standard InChI is InChI=1S/C15H25N3O/c1-4-13(8-5-7-12(2)3)17-15(19)18-14-9-6-10-16-11-14/h6,9-13H,4-5,7-8H2,1-3H3,(H2,17,18,19). The number of nitrogens with zero attached hydrogens (tertiary/aromatic N) is 1. The fraction of sp³-hybridized carbons (Fsp3) is 0.600. The first-order valence-corrected chi connectivity index (χ1v) is 7.09. The number of pyridine rings is 1. The van der Waals surface area contributed by atoms with Crippen molar-refractivity contribution in [2.75, 3.05) is 5.32 Å². The van der Waals surface area contributed by atoms with Gasteiger partial charge in [-0.05, 0) is 30.9 Å². The van der Waals surface area contributed by atoms with Crippen molar-refractivity contribution in [3.05, 3.63) is 24.5 Å². The number of carbonyl (C=O) groups is 1. The summed E-state index contributed by atoms with van der Waals surface area (Å²) < 4.78 is 0. The molecule has 106 valence electrons. The van der Waals surface area contributed by atoms with Crippen molar-refractivity contribution < 1.29 is 4.79 Å². The van der Waals surface area contributed by atoms with Crippen molar-refractivity contribution in [1.29, 1.82) is 0 Å². The van der Waals surface area contributed by atoms with Crippen molar-refractivity contribution in [3.8, 4) is 0 Å². The van der Waals surface area contributed by atoms with Gasteiger partial charge in [-0.2, -0.15) is 0 Å². The van der Waals surface area contributed by atoms with Crippen LogP contribution in [0, 0.1) is 5.92 Å². The molecular formula is C15H25N3O. The minimum Gasteiger partial charge on any atom is -0.335 e. The molecule has 1 aromatic heterocycles. The highest BCUT2D eigenvalue weighted by atomic mass is 16.2. The van der Waals surface area contributed by atoms with Crippen molar-refractivity contribution in [1.82, 2.24) is 10.3 Å². The normalized spacial score (nSPS) is 12.2. The van der Waals surface area contributed by atoms with Gasteiger partial charge >= 0.3 is 6.03 Å². The molecule has 1 rings (SSSR count). The van der Waals surface area contributed by atoms with E-state index >= 15 is 0 Å². The van der Waals surface area contributed by atoms with Crippen LogP contribution >= 0.6 is 0 Å². The number of nitrogens with one attached hydrogen (secondary N) is 2. The van der Waals surface area contributed by atoms with E-state index in [-0.39, 0.29) is 12.1 Å². The first-order valence-electron chi connectivity index (χ1n) is 7.09. The fourth-order valence-corrected chi connectivity index (χ4v) is 1.94. The summed E-state index contributed by atoms with van der Waals surface area (Å²) in [6.07, 6.45) is 7.68. The van der Waals surface area contributed by atoms with E-state index in [1.54, 1.807) is 18.5 Å². The van der Waals surface area contributed by atoms with Gasteiger partial charge in [0.2, 0.25) is 0 Å². The summed E-state index contributed by atoms with van der Waals surface area (Å²) in [7, 11) is 0. The smallest absolute Gasteiger partial charge is 0.319 e. The summed E-state index contributed by atoms with van der Waals surface area (Å²) >= 11 is 0. The summed E-state index contributed by atoms with van der Waals surface area (Å²) in [5.41, 5.74) is 0.719. The maximum Gasteiger partial charge on any atom is 0.319 e. The Kier molecular flexibility index (Phi) is 6.93. The van der Waals surface area contributed by atoms with Crippen LogP contribution in [0.25, 0.3) is 0 Å². The average molecular weight is 263 g/mol. The molecular weight excluding hydrogens is 238 g/mol. The predicted octanol–water partition coefficient (Wildman–Crippen LogP) is 3.81. The molecule has 19 heavy (non-hydrogen) atoms. The van der Waals surface area contributed by atoms with E-state index in [0.717, 1.165) is 30.9 Å². The van der Waals surface area contributed by atoms with Gasteiger partial charge in [0.1, 0.15) is 0 Å². The van der Waals surface area contributed by atoms with Crippen LogP contribution < -0.4 is 10.6 Å². The Bertz CT molecular complexity index is 365. The van der Waals surface area contributed by atoms with E-state index in [9.17, 15) is 4.79 Å². The van der Waals surface area contributed by atoms with Crippen LogP contribution in [0.3, 0.4) is 0 Å². The van der Waals surface area contributed by atoms with Gasteiger partial charge in [0, 0.05) is 12.2 Å². The lowest BCUT2D eigenvalue weighted by Crippen LogP contribution is -2.37. The van der Waals surface area contributed by atoms with Crippen molar-refractivity contribution in [3.63, 3.8) is 0 Å². The minimum atomic E-state index is -0.149. The monoisotopic (exact) mass is 263 g/mol. The molecule has 4 nitrogen and oxygen atoms in total. The summed E-state index contributed by atoms with van der Waals surface area (Å²) in [5.74, 6) is 0.724. The van der Waals surface area contributed by atoms with Gasteiger partial charge < -0.3 is 10.6 Å². The molecule has 0 radical (unpaired) electrons. The SMILES string of the molecule is CCC(CCCC(C)C)NC(=O)Nc1cccnc1. The summed E-state index contributed by atoms with van der Waals surface area (Å²) in [4.78, 5) is 15.8. The van der Waals surface area contributed by atoms with Crippen LogP contribution in [-0.4, -0.2) is 17.1 Å². The number of aromatic nitrogens is 1. The Labute approximate surface area is 116 Å². The van der Waals surface area contributed by atoms with Gasteiger partial charge in [-0.1, -0.05) is 33.6 Å². The largest absolute Gasteiger partial charge is 0.335 e. The second-order valence-electron chi connectivity index (χ2n) is 5.27. The van der Waals surface area contributed by atoms with E-state index in [0.29, 0.717) is 0 Å². The molecule has 2 amide bonds. The third-order valence-electron chi connectivity index (χ3n) is 3.08. The number of rotatable bonds is 7. The molecule has 0 fully saturated rings. The van der Waals surface area contributed by atoms with Crippen molar-refractivity contribution in [2.45, 2.75) is 52.5 Å². The number of anilines is 1. The maximum atomic E-state index is 11.8. The Balaban J connectivity index is 2.32. The average Bonchev–Trinajstić information content (AvgIpc) is 2.38. The molecule has 1 atom stereocenters. The van der Waals surface area contributed by atoms with E-state index in [1.807, 2.05) is 6.07 Å². The van der Waals surface area contributed by atoms with Crippen molar-refractivity contribution in [2.24, 2.45) is 5.92 Å². The lowest BCUT2D eigenvalue weighted by Gasteiger charge is -2.17. The van der Waals surface area contributed by atoms with Crippen LogP contribution in [0.1, 0.15) is 46.5 Å². The van der Waals surface area contributed by atoms with Crippen LogP contribution in [0.2, 0.25) is 0 Å². The van der Waals surface area contributed by atoms with Gasteiger partial charge in [0.05, 0.1) is 11.9 Å². The molecule has 0 bridgehead atoms. The van der Waals surface area contributed by atoms with Crippen molar-refractivity contribution >= 4 is 11.7 Å². The van der Waals surface area contributed by atoms with Crippen LogP contribution in [0.15, 0.2) is 24.5 Å². The second-order valence-corrected chi connectivity index (χ2v) is 5.27. The van der Waals surface area contributed by atoms with Gasteiger partial charge in [0.15, 0.2) is 0 Å². The Hall–Kier alpha value is -1.58. The van der Waals surface area contributed by atoms with Gasteiger partial charge in [-0.15, -0.1) is 0 Å². The van der Waals surface area contributed by atoms with Crippen LogP contribution in [-0.2, 0) is 0 Å². The zero-order valence-electron chi connectivity index (χ0n) is 12.1. The highest BCUT2D eigenvalue weighted by Crippen LogP contribution is 2.10. The highest BCUT2D eigenvalue weighted by Gasteiger charge is 2.10. The number of urea groups is 1. The molecule has 1 unspecified atom stereocenters. The fourth-order valence-electron chi connectivity index (χ4n) is 1.94. The molecule has 1 heterocycles. The van der Waals surface area contributed by atoms with Crippen LogP contribution in [0.5, 0.6) is 0 Å². The second kappa shape index (κ2) is 8.51. The molecule has 0 saturated carbocycles. The number of hydrogen-bond donors (Lipinski definition) is 2. The van der Waals surface area contributed by atoms with E-state index in [1.165, 1.54) is 6.42 Å². The molecule has 0 aromatic carbocycles. The first-order chi connectivity index (χ1) is 9.11. The van der Waals surface area contributed by atoms with Gasteiger partial charge in [0.25, 0.3) is 0 Å². The number of amides is 2. The zero-order chi connectivity index (χ0) is 14.1. The Morgan fingerprint density at radius 1 is 1.37 bits per heavy atom. The molecule has 0 aliphatic rings. The molecule has 0 spiro atoms. The predicted molar refractivity (Wildman–Crippen MR) is 79.2 cm³/mol. The first kappa shape index (κ1) is 15.5. The quantitative estimate of drug-likeness (QED) is 0.786. The third kappa shape index (κ3) is 6.79. The van der Waals surface area contributed by atoms with Gasteiger partial charge in [-0.25, -0.2) is 4.79 Å². The lowest BCUT2D eigenvalue weighted by molar-refractivity contribution is 0.247. The third-order valence-corrected chi connectivity index (χ3v) is 3.08. The molecule has 2 N–H and O–H groups in total. The van der Waals surface area contributed by atoms with Crippen LogP contribution in [0.4, 0.5) is 10.5 Å². The topological polar surface area (TPSA) is 54.0 Å². The molecule has 1 aromatic rings. The molecule has 0 saturated heterocycles. The number of hydrogen-bond acceptors (Lipinski definition) is 2. The number of carbonyl (C=O) groups excluding carboxylic acids is 1. The molecule has 0 aliphatic carbocycles.